The van der Waals surface area contributed by atoms with Gasteiger partial charge >= 0.3 is 0 Å². The van der Waals surface area contributed by atoms with Gasteiger partial charge in [0.2, 0.25) is 0 Å². The first kappa shape index (κ1) is 11.3. The molecule has 2 N–H and O–H groups in total. The third-order valence-corrected chi connectivity index (χ3v) is 2.81. The van der Waals surface area contributed by atoms with Crippen LogP contribution in [0, 0.1) is 6.92 Å². The highest BCUT2D eigenvalue weighted by Crippen LogP contribution is 2.37. The van der Waals surface area contributed by atoms with Crippen LogP contribution in [0.1, 0.15) is 19.4 Å². The molecule has 0 radical (unpaired) electrons. The van der Waals surface area contributed by atoms with Crippen LogP contribution in [0.25, 0.3) is 0 Å². The lowest BCUT2D eigenvalue weighted by atomic mass is 10.0. The van der Waals surface area contributed by atoms with E-state index in [1.54, 1.807) is 0 Å². The Balaban J connectivity index is 2.39. The summed E-state index contributed by atoms with van der Waals surface area (Å²) in [7, 11) is 0. The number of rotatable bonds is 2. The van der Waals surface area contributed by atoms with E-state index in [0.717, 1.165) is 18.8 Å². The fraction of sp³-hybridized carbons (Fsp3) is 0.538. The van der Waals surface area contributed by atoms with Crippen molar-refractivity contribution >= 4 is 5.69 Å². The summed E-state index contributed by atoms with van der Waals surface area (Å²) in [6.07, 6.45) is 0. The van der Waals surface area contributed by atoms with Gasteiger partial charge in [-0.05, 0) is 38.5 Å². The second-order valence-electron chi connectivity index (χ2n) is 5.04. The van der Waals surface area contributed by atoms with Crippen LogP contribution in [-0.2, 0) is 0 Å². The van der Waals surface area contributed by atoms with Crippen LogP contribution < -0.4 is 15.4 Å². The number of nitrogens with two attached hydrogens (primary N) is 1. The standard InChI is InChI=1S/C13H20N2O/c1-10-4-5-12-11(8-10)15(7-6-14)9-13(2,3)16-12/h4-5,8H,6-7,9,14H2,1-3H3. The van der Waals surface area contributed by atoms with Crippen molar-refractivity contribution in [1.29, 1.82) is 0 Å². The van der Waals surface area contributed by atoms with Crippen molar-refractivity contribution in [1.82, 2.24) is 0 Å². The molecule has 0 spiro atoms. The van der Waals surface area contributed by atoms with Gasteiger partial charge in [-0.1, -0.05) is 6.07 Å². The number of nitrogens with zero attached hydrogens (tertiary/aromatic N) is 1. The highest BCUT2D eigenvalue weighted by atomic mass is 16.5. The molecule has 1 aromatic rings. The van der Waals surface area contributed by atoms with E-state index in [9.17, 15) is 0 Å². The maximum absolute atomic E-state index is 5.97. The summed E-state index contributed by atoms with van der Waals surface area (Å²) in [5, 5.41) is 0. The van der Waals surface area contributed by atoms with Gasteiger partial charge < -0.3 is 15.4 Å². The lowest BCUT2D eigenvalue weighted by Crippen LogP contribution is -2.48. The zero-order valence-corrected chi connectivity index (χ0v) is 10.3. The summed E-state index contributed by atoms with van der Waals surface area (Å²) >= 11 is 0. The number of hydrogen-bond donors (Lipinski definition) is 1. The molecule has 0 saturated carbocycles. The molecule has 1 aliphatic heterocycles. The molecule has 2 rings (SSSR count). The van der Waals surface area contributed by atoms with Crippen molar-refractivity contribution in [2.24, 2.45) is 5.73 Å². The number of hydrogen-bond acceptors (Lipinski definition) is 3. The fourth-order valence-corrected chi connectivity index (χ4v) is 2.19. The highest BCUT2D eigenvalue weighted by Gasteiger charge is 2.31. The van der Waals surface area contributed by atoms with Gasteiger partial charge in [-0.25, -0.2) is 0 Å². The molecular weight excluding hydrogens is 200 g/mol. The first-order chi connectivity index (χ1) is 7.52. The molecule has 0 fully saturated rings. The first-order valence-electron chi connectivity index (χ1n) is 5.76. The van der Waals surface area contributed by atoms with Gasteiger partial charge in [0.1, 0.15) is 11.4 Å². The Morgan fingerprint density at radius 2 is 2.19 bits per heavy atom. The van der Waals surface area contributed by atoms with E-state index in [4.69, 9.17) is 10.5 Å². The molecule has 0 saturated heterocycles. The summed E-state index contributed by atoms with van der Waals surface area (Å²) < 4.78 is 5.97. The van der Waals surface area contributed by atoms with Gasteiger partial charge in [0.15, 0.2) is 0 Å². The average Bonchev–Trinajstić information content (AvgIpc) is 2.18. The van der Waals surface area contributed by atoms with E-state index >= 15 is 0 Å². The molecule has 3 heteroatoms. The first-order valence-corrected chi connectivity index (χ1v) is 5.76. The summed E-state index contributed by atoms with van der Waals surface area (Å²) in [5.74, 6) is 0.968. The van der Waals surface area contributed by atoms with Crippen molar-refractivity contribution < 1.29 is 4.74 Å². The largest absolute Gasteiger partial charge is 0.484 e. The number of aryl methyl sites for hydroxylation is 1. The van der Waals surface area contributed by atoms with Crippen molar-refractivity contribution in [3.8, 4) is 5.75 Å². The molecule has 88 valence electrons. The minimum atomic E-state index is -0.141. The molecule has 0 amide bonds. The predicted octanol–water partition coefficient (Wildman–Crippen LogP) is 1.93. The minimum absolute atomic E-state index is 0.141. The Kier molecular flexibility index (Phi) is 2.80. The monoisotopic (exact) mass is 220 g/mol. The third-order valence-electron chi connectivity index (χ3n) is 2.81. The van der Waals surface area contributed by atoms with Gasteiger partial charge in [-0.15, -0.1) is 0 Å². The van der Waals surface area contributed by atoms with Crippen molar-refractivity contribution in [2.75, 3.05) is 24.5 Å². The molecule has 1 aromatic carbocycles. The third kappa shape index (κ3) is 2.14. The van der Waals surface area contributed by atoms with Crippen molar-refractivity contribution in [2.45, 2.75) is 26.4 Å². The Hall–Kier alpha value is -1.22. The van der Waals surface area contributed by atoms with E-state index in [-0.39, 0.29) is 5.60 Å². The van der Waals surface area contributed by atoms with E-state index in [0.29, 0.717) is 6.54 Å². The minimum Gasteiger partial charge on any atom is -0.484 e. The van der Waals surface area contributed by atoms with E-state index in [1.165, 1.54) is 11.3 Å². The SMILES string of the molecule is Cc1ccc2c(c1)N(CCN)CC(C)(C)O2. The Bertz CT molecular complexity index is 388. The van der Waals surface area contributed by atoms with Crippen LogP contribution in [0.3, 0.4) is 0 Å². The van der Waals surface area contributed by atoms with Gasteiger partial charge in [0.05, 0.1) is 12.2 Å². The van der Waals surface area contributed by atoms with Gasteiger partial charge in [0, 0.05) is 13.1 Å². The van der Waals surface area contributed by atoms with E-state index < -0.39 is 0 Å². The number of fused-ring (bicyclic) bond motifs is 1. The second-order valence-corrected chi connectivity index (χ2v) is 5.04. The molecule has 1 aliphatic rings. The molecule has 3 nitrogen and oxygen atoms in total. The smallest absolute Gasteiger partial charge is 0.143 e. The highest BCUT2D eigenvalue weighted by molar-refractivity contribution is 5.62. The van der Waals surface area contributed by atoms with Gasteiger partial charge in [-0.3, -0.25) is 0 Å². The Morgan fingerprint density at radius 3 is 2.88 bits per heavy atom. The molecule has 16 heavy (non-hydrogen) atoms. The lowest BCUT2D eigenvalue weighted by Gasteiger charge is -2.41. The van der Waals surface area contributed by atoms with Crippen LogP contribution in [0.2, 0.25) is 0 Å². The number of anilines is 1. The molecule has 0 bridgehead atoms. The molecule has 0 aromatic heterocycles. The molecule has 1 heterocycles. The Morgan fingerprint density at radius 1 is 1.44 bits per heavy atom. The zero-order valence-electron chi connectivity index (χ0n) is 10.3. The normalized spacial score (nSPS) is 17.9. The summed E-state index contributed by atoms with van der Waals surface area (Å²) in [4.78, 5) is 2.31. The van der Waals surface area contributed by atoms with Crippen molar-refractivity contribution in [3.05, 3.63) is 23.8 Å². The van der Waals surface area contributed by atoms with Crippen LogP contribution in [0.4, 0.5) is 5.69 Å². The molecule has 0 unspecified atom stereocenters. The van der Waals surface area contributed by atoms with E-state index in [1.807, 2.05) is 0 Å². The van der Waals surface area contributed by atoms with Crippen LogP contribution in [0.15, 0.2) is 18.2 Å². The summed E-state index contributed by atoms with van der Waals surface area (Å²) in [6, 6.07) is 6.30. The fourth-order valence-electron chi connectivity index (χ4n) is 2.19. The quantitative estimate of drug-likeness (QED) is 0.827. The van der Waals surface area contributed by atoms with Crippen LogP contribution in [0.5, 0.6) is 5.75 Å². The molecular formula is C13H20N2O. The Labute approximate surface area is 97.2 Å². The zero-order chi connectivity index (χ0) is 11.8. The maximum Gasteiger partial charge on any atom is 0.143 e. The second kappa shape index (κ2) is 3.98. The average molecular weight is 220 g/mol. The van der Waals surface area contributed by atoms with Gasteiger partial charge in [0.25, 0.3) is 0 Å². The lowest BCUT2D eigenvalue weighted by molar-refractivity contribution is 0.105. The number of ether oxygens (including phenoxy) is 1. The predicted molar refractivity (Wildman–Crippen MR) is 67.2 cm³/mol. The summed E-state index contributed by atoms with van der Waals surface area (Å²) in [5.41, 5.74) is 7.94. The van der Waals surface area contributed by atoms with Crippen LogP contribution in [-0.4, -0.2) is 25.2 Å². The summed E-state index contributed by atoms with van der Waals surface area (Å²) in [6.45, 7) is 8.76. The number of benzene rings is 1. The topological polar surface area (TPSA) is 38.5 Å². The van der Waals surface area contributed by atoms with Gasteiger partial charge in [-0.2, -0.15) is 0 Å². The molecule has 0 aliphatic carbocycles. The maximum atomic E-state index is 5.97. The molecule has 0 atom stereocenters. The van der Waals surface area contributed by atoms with E-state index in [2.05, 4.69) is 43.9 Å². The van der Waals surface area contributed by atoms with Crippen LogP contribution >= 0.6 is 0 Å². The van der Waals surface area contributed by atoms with Crippen molar-refractivity contribution in [3.63, 3.8) is 0 Å².